The standard InChI is InChI=1S/C11H14BrN3O3/c1-14-6-8(15(17)18)4-10(14)11(16)13-5-9(12)7-2-3-7/h4,6-7,9H,2-3,5H2,1H3,(H,13,16). The molecular weight excluding hydrogens is 302 g/mol. The number of amides is 1. The van der Waals surface area contributed by atoms with Crippen LogP contribution in [0.5, 0.6) is 0 Å². The number of carbonyl (C=O) groups is 1. The van der Waals surface area contributed by atoms with Crippen LogP contribution in [-0.4, -0.2) is 26.8 Å². The highest BCUT2D eigenvalue weighted by Gasteiger charge is 2.29. The van der Waals surface area contributed by atoms with Crippen LogP contribution in [0, 0.1) is 16.0 Å². The molecule has 1 aliphatic rings. The first kappa shape index (κ1) is 13.1. The van der Waals surface area contributed by atoms with E-state index in [0.29, 0.717) is 18.2 Å². The van der Waals surface area contributed by atoms with Crippen molar-refractivity contribution in [3.63, 3.8) is 0 Å². The molecule has 2 rings (SSSR count). The van der Waals surface area contributed by atoms with Crippen LogP contribution >= 0.6 is 15.9 Å². The molecule has 0 aromatic carbocycles. The van der Waals surface area contributed by atoms with E-state index in [-0.39, 0.29) is 16.4 Å². The summed E-state index contributed by atoms with van der Waals surface area (Å²) in [4.78, 5) is 22.3. The number of carbonyl (C=O) groups excluding carboxylic acids is 1. The third-order valence-electron chi connectivity index (χ3n) is 3.03. The Kier molecular flexibility index (Phi) is 3.70. The second-order valence-electron chi connectivity index (χ2n) is 4.52. The monoisotopic (exact) mass is 315 g/mol. The average molecular weight is 316 g/mol. The fourth-order valence-corrected chi connectivity index (χ4v) is 2.47. The molecule has 1 aliphatic carbocycles. The molecule has 0 spiro atoms. The highest BCUT2D eigenvalue weighted by atomic mass is 79.9. The maximum Gasteiger partial charge on any atom is 0.287 e. The van der Waals surface area contributed by atoms with Crippen LogP contribution in [0.1, 0.15) is 23.3 Å². The third kappa shape index (κ3) is 2.90. The van der Waals surface area contributed by atoms with Crippen LogP contribution in [0.2, 0.25) is 0 Å². The molecule has 1 atom stereocenters. The molecule has 98 valence electrons. The van der Waals surface area contributed by atoms with Crippen molar-refractivity contribution in [3.8, 4) is 0 Å². The topological polar surface area (TPSA) is 77.2 Å². The number of nitrogens with one attached hydrogen (secondary N) is 1. The number of nitro groups is 1. The number of hydrogen-bond acceptors (Lipinski definition) is 3. The molecule has 0 aliphatic heterocycles. The highest BCUT2D eigenvalue weighted by Crippen LogP contribution is 2.36. The molecule has 1 heterocycles. The first-order valence-corrected chi connectivity index (χ1v) is 6.63. The summed E-state index contributed by atoms with van der Waals surface area (Å²) in [6.45, 7) is 0.544. The molecule has 1 N–H and O–H groups in total. The minimum Gasteiger partial charge on any atom is -0.350 e. The third-order valence-corrected chi connectivity index (χ3v) is 4.10. The predicted octanol–water partition coefficient (Wildman–Crippen LogP) is 1.84. The van der Waals surface area contributed by atoms with Crippen molar-refractivity contribution < 1.29 is 9.72 Å². The normalized spacial score (nSPS) is 16.3. The van der Waals surface area contributed by atoms with Gasteiger partial charge in [-0.25, -0.2) is 0 Å². The molecule has 1 fully saturated rings. The van der Waals surface area contributed by atoms with Gasteiger partial charge < -0.3 is 9.88 Å². The van der Waals surface area contributed by atoms with E-state index in [1.165, 1.54) is 29.7 Å². The van der Waals surface area contributed by atoms with E-state index in [1.807, 2.05) is 0 Å². The largest absolute Gasteiger partial charge is 0.350 e. The van der Waals surface area contributed by atoms with Crippen LogP contribution in [0.3, 0.4) is 0 Å². The Morgan fingerprint density at radius 3 is 2.89 bits per heavy atom. The summed E-state index contributed by atoms with van der Waals surface area (Å²) in [5.74, 6) is 0.365. The zero-order chi connectivity index (χ0) is 13.3. The average Bonchev–Trinajstić information content (AvgIpc) is 3.08. The van der Waals surface area contributed by atoms with Gasteiger partial charge in [0.1, 0.15) is 5.69 Å². The van der Waals surface area contributed by atoms with E-state index in [9.17, 15) is 14.9 Å². The fourth-order valence-electron chi connectivity index (χ4n) is 1.78. The quantitative estimate of drug-likeness (QED) is 0.511. The van der Waals surface area contributed by atoms with Gasteiger partial charge in [-0.3, -0.25) is 14.9 Å². The van der Waals surface area contributed by atoms with Crippen LogP contribution in [0.15, 0.2) is 12.3 Å². The van der Waals surface area contributed by atoms with Gasteiger partial charge >= 0.3 is 0 Å². The van der Waals surface area contributed by atoms with Gasteiger partial charge in [0.25, 0.3) is 11.6 Å². The Balaban J connectivity index is 1.97. The Bertz CT molecular complexity index is 482. The molecule has 1 aromatic heterocycles. The molecule has 1 unspecified atom stereocenters. The molecular formula is C11H14BrN3O3. The molecule has 0 bridgehead atoms. The summed E-state index contributed by atoms with van der Waals surface area (Å²) in [5.41, 5.74) is 0.234. The lowest BCUT2D eigenvalue weighted by Crippen LogP contribution is -2.31. The lowest BCUT2D eigenvalue weighted by Gasteiger charge is -2.10. The van der Waals surface area contributed by atoms with Crippen LogP contribution in [0.25, 0.3) is 0 Å². The van der Waals surface area contributed by atoms with E-state index in [2.05, 4.69) is 21.2 Å². The van der Waals surface area contributed by atoms with E-state index < -0.39 is 4.92 Å². The van der Waals surface area contributed by atoms with Gasteiger partial charge in [0.2, 0.25) is 0 Å². The van der Waals surface area contributed by atoms with Crippen molar-refractivity contribution in [2.75, 3.05) is 6.54 Å². The number of nitrogens with zero attached hydrogens (tertiary/aromatic N) is 2. The van der Waals surface area contributed by atoms with E-state index in [4.69, 9.17) is 0 Å². The number of aromatic nitrogens is 1. The molecule has 0 saturated heterocycles. The van der Waals surface area contributed by atoms with Gasteiger partial charge in [-0.2, -0.15) is 0 Å². The first-order valence-electron chi connectivity index (χ1n) is 5.72. The minimum absolute atomic E-state index is 0.0692. The summed E-state index contributed by atoms with van der Waals surface area (Å²) in [5, 5.41) is 13.4. The summed E-state index contributed by atoms with van der Waals surface area (Å²) < 4.78 is 1.47. The van der Waals surface area contributed by atoms with E-state index in [1.54, 1.807) is 7.05 Å². The van der Waals surface area contributed by atoms with Gasteiger partial charge in [0.05, 0.1) is 11.1 Å². The van der Waals surface area contributed by atoms with Crippen molar-refractivity contribution in [2.24, 2.45) is 13.0 Å². The van der Waals surface area contributed by atoms with Crippen molar-refractivity contribution in [1.29, 1.82) is 0 Å². The molecule has 18 heavy (non-hydrogen) atoms. The lowest BCUT2D eigenvalue weighted by molar-refractivity contribution is -0.384. The fraction of sp³-hybridized carbons (Fsp3) is 0.545. The molecule has 0 radical (unpaired) electrons. The lowest BCUT2D eigenvalue weighted by atomic mass is 10.3. The molecule has 1 aromatic rings. The summed E-state index contributed by atoms with van der Waals surface area (Å²) in [6, 6.07) is 1.29. The maximum absolute atomic E-state index is 11.9. The molecule has 6 nitrogen and oxygen atoms in total. The summed E-state index contributed by atoms with van der Waals surface area (Å²) >= 11 is 3.52. The van der Waals surface area contributed by atoms with E-state index in [0.717, 1.165) is 0 Å². The van der Waals surface area contributed by atoms with Crippen LogP contribution < -0.4 is 5.32 Å². The minimum atomic E-state index is -0.506. The van der Waals surface area contributed by atoms with Gasteiger partial charge in [0, 0.05) is 24.5 Å². The van der Waals surface area contributed by atoms with E-state index >= 15 is 0 Å². The number of halogens is 1. The smallest absolute Gasteiger partial charge is 0.287 e. The zero-order valence-electron chi connectivity index (χ0n) is 9.93. The Morgan fingerprint density at radius 2 is 2.39 bits per heavy atom. The first-order chi connectivity index (χ1) is 8.49. The predicted molar refractivity (Wildman–Crippen MR) is 69.8 cm³/mol. The van der Waals surface area contributed by atoms with Gasteiger partial charge in [-0.15, -0.1) is 0 Å². The summed E-state index contributed by atoms with van der Waals surface area (Å²) in [6.07, 6.45) is 3.73. The highest BCUT2D eigenvalue weighted by molar-refractivity contribution is 9.09. The second-order valence-corrected chi connectivity index (χ2v) is 5.69. The summed E-state index contributed by atoms with van der Waals surface area (Å²) in [7, 11) is 1.62. The Hall–Kier alpha value is -1.37. The number of aryl methyl sites for hydroxylation is 1. The maximum atomic E-state index is 11.9. The molecule has 7 heteroatoms. The van der Waals surface area contributed by atoms with Gasteiger partial charge in [-0.05, 0) is 18.8 Å². The van der Waals surface area contributed by atoms with Gasteiger partial charge in [-0.1, -0.05) is 15.9 Å². The molecule has 1 amide bonds. The van der Waals surface area contributed by atoms with Crippen molar-refractivity contribution in [1.82, 2.24) is 9.88 Å². The van der Waals surface area contributed by atoms with Gasteiger partial charge in [0.15, 0.2) is 0 Å². The Morgan fingerprint density at radius 1 is 1.72 bits per heavy atom. The number of alkyl halides is 1. The van der Waals surface area contributed by atoms with Crippen molar-refractivity contribution >= 4 is 27.5 Å². The SMILES string of the molecule is Cn1cc([N+](=O)[O-])cc1C(=O)NCC(Br)C1CC1. The van der Waals surface area contributed by atoms with Crippen molar-refractivity contribution in [3.05, 3.63) is 28.1 Å². The van der Waals surface area contributed by atoms with Crippen molar-refractivity contribution in [2.45, 2.75) is 17.7 Å². The van der Waals surface area contributed by atoms with Crippen LogP contribution in [-0.2, 0) is 7.05 Å². The number of rotatable bonds is 5. The zero-order valence-corrected chi connectivity index (χ0v) is 11.5. The molecule has 1 saturated carbocycles. The number of hydrogen-bond donors (Lipinski definition) is 1. The second kappa shape index (κ2) is 5.09. The van der Waals surface area contributed by atoms with Crippen LogP contribution in [0.4, 0.5) is 5.69 Å². The Labute approximate surface area is 113 Å².